The highest BCUT2D eigenvalue weighted by Gasteiger charge is 2.13. The van der Waals surface area contributed by atoms with Crippen LogP contribution in [0.4, 0.5) is 10.1 Å². The van der Waals surface area contributed by atoms with Gasteiger partial charge in [0.25, 0.3) is 0 Å². The maximum absolute atomic E-state index is 13.1. The molecule has 2 aromatic rings. The molecular formula is C18H18FNO3. The first-order valence-electron chi connectivity index (χ1n) is 7.21. The first kappa shape index (κ1) is 16.7. The van der Waals surface area contributed by atoms with Gasteiger partial charge in [-0.15, -0.1) is 0 Å². The Balaban J connectivity index is 2.46. The summed E-state index contributed by atoms with van der Waals surface area (Å²) in [5.74, 6) is -1.19. The van der Waals surface area contributed by atoms with Crippen LogP contribution in [-0.4, -0.2) is 19.0 Å². The quantitative estimate of drug-likeness (QED) is 0.871. The van der Waals surface area contributed by atoms with Crippen LogP contribution < -0.4 is 5.32 Å². The lowest BCUT2D eigenvalue weighted by atomic mass is 10.0. The molecule has 0 heterocycles. The fourth-order valence-electron chi connectivity index (χ4n) is 2.03. The van der Waals surface area contributed by atoms with Crippen LogP contribution in [0.5, 0.6) is 0 Å². The van der Waals surface area contributed by atoms with Crippen molar-refractivity contribution in [2.75, 3.05) is 12.4 Å². The van der Waals surface area contributed by atoms with Gasteiger partial charge in [-0.25, -0.2) is 9.18 Å². The fourth-order valence-corrected chi connectivity index (χ4v) is 2.03. The van der Waals surface area contributed by atoms with Crippen molar-refractivity contribution in [3.05, 3.63) is 53.8 Å². The SMILES string of the molecule is COC(=O)c1cc(NC(=O)C(C)C)cc(-c2ccc(F)cc2)c1. The summed E-state index contributed by atoms with van der Waals surface area (Å²) >= 11 is 0. The predicted molar refractivity (Wildman–Crippen MR) is 86.6 cm³/mol. The lowest BCUT2D eigenvalue weighted by molar-refractivity contribution is -0.118. The highest BCUT2D eigenvalue weighted by Crippen LogP contribution is 2.26. The van der Waals surface area contributed by atoms with E-state index in [9.17, 15) is 14.0 Å². The van der Waals surface area contributed by atoms with Crippen molar-refractivity contribution in [3.8, 4) is 11.1 Å². The number of anilines is 1. The highest BCUT2D eigenvalue weighted by atomic mass is 19.1. The molecule has 2 rings (SSSR count). The van der Waals surface area contributed by atoms with Crippen LogP contribution >= 0.6 is 0 Å². The van der Waals surface area contributed by atoms with Crippen molar-refractivity contribution >= 4 is 17.6 Å². The van der Waals surface area contributed by atoms with Gasteiger partial charge in [-0.2, -0.15) is 0 Å². The van der Waals surface area contributed by atoms with E-state index in [1.54, 1.807) is 44.2 Å². The Morgan fingerprint density at radius 2 is 1.70 bits per heavy atom. The van der Waals surface area contributed by atoms with Crippen LogP contribution in [0.15, 0.2) is 42.5 Å². The first-order chi connectivity index (χ1) is 10.9. The lowest BCUT2D eigenvalue weighted by Gasteiger charge is -2.12. The molecule has 0 radical (unpaired) electrons. The molecule has 0 aliphatic heterocycles. The molecule has 2 aromatic carbocycles. The molecule has 0 aliphatic rings. The molecule has 23 heavy (non-hydrogen) atoms. The molecule has 0 unspecified atom stereocenters. The maximum atomic E-state index is 13.1. The van der Waals surface area contributed by atoms with Gasteiger partial charge in [-0.3, -0.25) is 4.79 Å². The van der Waals surface area contributed by atoms with E-state index in [0.29, 0.717) is 16.8 Å². The zero-order chi connectivity index (χ0) is 17.0. The van der Waals surface area contributed by atoms with Gasteiger partial charge in [-0.1, -0.05) is 26.0 Å². The van der Waals surface area contributed by atoms with Crippen molar-refractivity contribution in [1.82, 2.24) is 0 Å². The van der Waals surface area contributed by atoms with Gasteiger partial charge in [-0.05, 0) is 41.5 Å². The van der Waals surface area contributed by atoms with Gasteiger partial charge in [0.05, 0.1) is 12.7 Å². The largest absolute Gasteiger partial charge is 0.465 e. The molecule has 1 amide bonds. The summed E-state index contributed by atoms with van der Waals surface area (Å²) in [4.78, 5) is 23.7. The van der Waals surface area contributed by atoms with Crippen molar-refractivity contribution < 1.29 is 18.7 Å². The summed E-state index contributed by atoms with van der Waals surface area (Å²) in [5, 5.41) is 2.76. The number of ether oxygens (including phenoxy) is 1. The van der Waals surface area contributed by atoms with Gasteiger partial charge in [0.1, 0.15) is 5.82 Å². The Morgan fingerprint density at radius 1 is 1.04 bits per heavy atom. The average Bonchev–Trinajstić information content (AvgIpc) is 2.54. The summed E-state index contributed by atoms with van der Waals surface area (Å²) in [6.45, 7) is 3.56. The number of esters is 1. The van der Waals surface area contributed by atoms with E-state index in [4.69, 9.17) is 4.74 Å². The molecule has 0 aromatic heterocycles. The molecule has 0 saturated carbocycles. The summed E-state index contributed by atoms with van der Waals surface area (Å²) < 4.78 is 17.8. The summed E-state index contributed by atoms with van der Waals surface area (Å²) in [6.07, 6.45) is 0. The molecule has 0 spiro atoms. The van der Waals surface area contributed by atoms with Gasteiger partial charge < -0.3 is 10.1 Å². The lowest BCUT2D eigenvalue weighted by Crippen LogP contribution is -2.18. The minimum atomic E-state index is -0.506. The second-order valence-electron chi connectivity index (χ2n) is 5.44. The fraction of sp³-hybridized carbons (Fsp3) is 0.222. The standard InChI is InChI=1S/C18H18FNO3/c1-11(2)17(21)20-16-9-13(8-14(10-16)18(22)23-3)12-4-6-15(19)7-5-12/h4-11H,1-3H3,(H,20,21). The summed E-state index contributed by atoms with van der Waals surface area (Å²) in [7, 11) is 1.29. The van der Waals surface area contributed by atoms with E-state index in [1.165, 1.54) is 19.2 Å². The molecule has 5 heteroatoms. The van der Waals surface area contributed by atoms with E-state index in [2.05, 4.69) is 5.32 Å². The second-order valence-corrected chi connectivity index (χ2v) is 5.44. The smallest absolute Gasteiger partial charge is 0.337 e. The molecule has 120 valence electrons. The summed E-state index contributed by atoms with van der Waals surface area (Å²) in [6, 6.07) is 10.8. The maximum Gasteiger partial charge on any atom is 0.337 e. The van der Waals surface area contributed by atoms with Crippen molar-refractivity contribution in [1.29, 1.82) is 0 Å². The van der Waals surface area contributed by atoms with Crippen molar-refractivity contribution in [2.24, 2.45) is 5.92 Å². The van der Waals surface area contributed by atoms with E-state index in [0.717, 1.165) is 5.56 Å². The molecule has 0 bridgehead atoms. The van der Waals surface area contributed by atoms with Gasteiger partial charge >= 0.3 is 5.97 Å². The Bertz CT molecular complexity index is 724. The van der Waals surface area contributed by atoms with Crippen molar-refractivity contribution in [2.45, 2.75) is 13.8 Å². The molecule has 0 saturated heterocycles. The Morgan fingerprint density at radius 3 is 2.26 bits per heavy atom. The highest BCUT2D eigenvalue weighted by molar-refractivity contribution is 5.97. The van der Waals surface area contributed by atoms with Crippen LogP contribution in [0.25, 0.3) is 11.1 Å². The van der Waals surface area contributed by atoms with Crippen molar-refractivity contribution in [3.63, 3.8) is 0 Å². The third-order valence-electron chi connectivity index (χ3n) is 3.32. The molecule has 0 fully saturated rings. The first-order valence-corrected chi connectivity index (χ1v) is 7.21. The van der Waals surface area contributed by atoms with E-state index in [1.807, 2.05) is 0 Å². The van der Waals surface area contributed by atoms with Gasteiger partial charge in [0.15, 0.2) is 0 Å². The topological polar surface area (TPSA) is 55.4 Å². The van der Waals surface area contributed by atoms with E-state index in [-0.39, 0.29) is 17.6 Å². The third-order valence-corrected chi connectivity index (χ3v) is 3.32. The molecule has 1 N–H and O–H groups in total. The molecule has 0 atom stereocenters. The minimum Gasteiger partial charge on any atom is -0.465 e. The van der Waals surface area contributed by atoms with Crippen LogP contribution in [0.2, 0.25) is 0 Å². The number of nitrogens with one attached hydrogen (secondary N) is 1. The Kier molecular flexibility index (Phi) is 5.11. The number of amides is 1. The predicted octanol–water partition coefficient (Wildman–Crippen LogP) is 3.87. The van der Waals surface area contributed by atoms with Gasteiger partial charge in [0.2, 0.25) is 5.91 Å². The Labute approximate surface area is 134 Å². The van der Waals surface area contributed by atoms with Crippen LogP contribution in [0, 0.1) is 11.7 Å². The zero-order valence-electron chi connectivity index (χ0n) is 13.2. The van der Waals surface area contributed by atoms with E-state index < -0.39 is 5.97 Å². The number of halogens is 1. The number of rotatable bonds is 4. The minimum absolute atomic E-state index is 0.155. The van der Waals surface area contributed by atoms with Crippen LogP contribution in [0.3, 0.4) is 0 Å². The zero-order valence-corrected chi connectivity index (χ0v) is 13.2. The van der Waals surface area contributed by atoms with Crippen LogP contribution in [-0.2, 0) is 9.53 Å². The monoisotopic (exact) mass is 315 g/mol. The number of carbonyl (C=O) groups is 2. The number of hydrogen-bond donors (Lipinski definition) is 1. The van der Waals surface area contributed by atoms with Crippen LogP contribution in [0.1, 0.15) is 24.2 Å². The average molecular weight is 315 g/mol. The number of methoxy groups -OCH3 is 1. The second kappa shape index (κ2) is 7.05. The molecule has 0 aliphatic carbocycles. The van der Waals surface area contributed by atoms with Gasteiger partial charge in [0, 0.05) is 11.6 Å². The number of hydrogen-bond acceptors (Lipinski definition) is 3. The molecule has 4 nitrogen and oxygen atoms in total. The Hall–Kier alpha value is -2.69. The normalized spacial score (nSPS) is 10.5. The molecular weight excluding hydrogens is 297 g/mol. The summed E-state index contributed by atoms with van der Waals surface area (Å²) in [5.41, 5.74) is 2.23. The number of benzene rings is 2. The number of carbonyl (C=O) groups excluding carboxylic acids is 2. The van der Waals surface area contributed by atoms with E-state index >= 15 is 0 Å². The third kappa shape index (κ3) is 4.16.